The van der Waals surface area contributed by atoms with Gasteiger partial charge in [0.25, 0.3) is 18.2 Å². The molecule has 0 aliphatic carbocycles. The molecule has 9 nitrogen and oxygen atoms in total. The molecule has 4 N–H and O–H groups in total. The van der Waals surface area contributed by atoms with Crippen molar-refractivity contribution in [1.29, 1.82) is 0 Å². The first-order valence-electron chi connectivity index (χ1n) is 8.99. The molecule has 1 aromatic carbocycles. The molecular formula is C21H18F2N4O5. The Morgan fingerprint density at radius 3 is 2.34 bits per heavy atom. The van der Waals surface area contributed by atoms with Crippen molar-refractivity contribution < 1.29 is 32.8 Å². The average Bonchev–Trinajstić information content (AvgIpc) is 3.27. The number of rotatable bonds is 6. The first kappa shape index (κ1) is 24.1. The van der Waals surface area contributed by atoms with Gasteiger partial charge in [-0.05, 0) is 49.0 Å². The van der Waals surface area contributed by atoms with Crippen molar-refractivity contribution in [3.8, 4) is 23.7 Å². The van der Waals surface area contributed by atoms with Gasteiger partial charge in [0.05, 0.1) is 6.20 Å². The van der Waals surface area contributed by atoms with Crippen LogP contribution in [0.5, 0.6) is 0 Å². The number of nitrogens with one attached hydrogen (secondary N) is 3. The van der Waals surface area contributed by atoms with Gasteiger partial charge in [-0.1, -0.05) is 5.92 Å². The van der Waals surface area contributed by atoms with Gasteiger partial charge in [-0.15, -0.1) is 0 Å². The van der Waals surface area contributed by atoms with Gasteiger partial charge in [0.15, 0.2) is 12.2 Å². The summed E-state index contributed by atoms with van der Waals surface area (Å²) in [4.78, 5) is 39.6. The molecule has 2 rings (SSSR count). The Morgan fingerprint density at radius 1 is 1.16 bits per heavy atom. The second kappa shape index (κ2) is 10.7. The highest BCUT2D eigenvalue weighted by atomic mass is 19.3. The summed E-state index contributed by atoms with van der Waals surface area (Å²) in [5.74, 6) is 7.80. The summed E-state index contributed by atoms with van der Waals surface area (Å²) >= 11 is 0. The first-order valence-corrected chi connectivity index (χ1v) is 8.99. The third-order valence-electron chi connectivity index (χ3n) is 4.18. The number of benzene rings is 1. The van der Waals surface area contributed by atoms with Crippen LogP contribution in [-0.2, 0) is 9.59 Å². The summed E-state index contributed by atoms with van der Waals surface area (Å²) in [6.07, 6.45) is -0.586. The van der Waals surface area contributed by atoms with Crippen LogP contribution >= 0.6 is 0 Å². The molecule has 0 aliphatic heterocycles. The Hall–Kier alpha value is -4.22. The molecule has 0 spiro atoms. The van der Waals surface area contributed by atoms with E-state index in [0.29, 0.717) is 11.3 Å². The van der Waals surface area contributed by atoms with Crippen molar-refractivity contribution in [2.24, 2.45) is 0 Å². The van der Waals surface area contributed by atoms with Crippen LogP contribution in [0.3, 0.4) is 0 Å². The molecule has 1 heterocycles. The average molecular weight is 444 g/mol. The molecule has 32 heavy (non-hydrogen) atoms. The number of nitrogens with zero attached hydrogens (tertiary/aromatic N) is 1. The minimum atomic E-state index is -3.25. The second-order valence-corrected chi connectivity index (χ2v) is 6.59. The number of hydrogen-bond acceptors (Lipinski definition) is 6. The zero-order valence-corrected chi connectivity index (χ0v) is 16.9. The molecule has 166 valence electrons. The lowest BCUT2D eigenvalue weighted by molar-refractivity contribution is -0.137. The molecule has 0 fully saturated rings. The van der Waals surface area contributed by atoms with E-state index in [0.717, 1.165) is 13.8 Å². The maximum absolute atomic E-state index is 13.7. The van der Waals surface area contributed by atoms with Crippen LogP contribution in [0.2, 0.25) is 0 Å². The van der Waals surface area contributed by atoms with Crippen molar-refractivity contribution in [1.82, 2.24) is 21.1 Å². The zero-order valence-electron chi connectivity index (χ0n) is 16.9. The fourth-order valence-corrected chi connectivity index (χ4v) is 2.58. The van der Waals surface area contributed by atoms with Crippen LogP contribution in [0.1, 0.15) is 35.5 Å². The van der Waals surface area contributed by atoms with E-state index in [-0.39, 0.29) is 5.56 Å². The fraction of sp³-hybridized carbons (Fsp3) is 0.238. The lowest BCUT2D eigenvalue weighted by Gasteiger charge is -2.36. The van der Waals surface area contributed by atoms with Crippen LogP contribution in [0.25, 0.3) is 0 Å². The van der Waals surface area contributed by atoms with E-state index in [2.05, 4.69) is 34.0 Å². The quantitative estimate of drug-likeness (QED) is 0.297. The third kappa shape index (κ3) is 6.14. The normalized spacial score (nSPS) is 12.8. The van der Waals surface area contributed by atoms with E-state index in [9.17, 15) is 23.2 Å². The van der Waals surface area contributed by atoms with Gasteiger partial charge in [0.2, 0.25) is 5.91 Å². The van der Waals surface area contributed by atoms with Crippen LogP contribution in [0.15, 0.2) is 41.3 Å². The number of halogens is 2. The number of carbonyl (C=O) groups is 3. The van der Waals surface area contributed by atoms with Crippen LogP contribution in [0, 0.1) is 23.7 Å². The molecule has 11 heteroatoms. The number of alkyl halides is 2. The summed E-state index contributed by atoms with van der Waals surface area (Å²) in [6, 6.07) is 3.71. The smallest absolute Gasteiger partial charge is 0.268 e. The summed E-state index contributed by atoms with van der Waals surface area (Å²) in [5.41, 5.74) is -0.726. The van der Waals surface area contributed by atoms with Gasteiger partial charge in [-0.25, -0.2) is 19.2 Å². The molecule has 2 aromatic rings. The van der Waals surface area contributed by atoms with Crippen molar-refractivity contribution >= 4 is 17.7 Å². The number of hydroxylamine groups is 1. The van der Waals surface area contributed by atoms with E-state index in [1.165, 1.54) is 42.3 Å². The summed E-state index contributed by atoms with van der Waals surface area (Å²) in [7, 11) is 0. The monoisotopic (exact) mass is 444 g/mol. The van der Waals surface area contributed by atoms with E-state index in [1.807, 2.05) is 5.32 Å². The Kier molecular flexibility index (Phi) is 8.04. The van der Waals surface area contributed by atoms with E-state index in [4.69, 9.17) is 9.62 Å². The first-order chi connectivity index (χ1) is 15.2. The van der Waals surface area contributed by atoms with Gasteiger partial charge in [-0.3, -0.25) is 19.6 Å². The maximum Gasteiger partial charge on any atom is 0.268 e. The van der Waals surface area contributed by atoms with Gasteiger partial charge >= 0.3 is 0 Å². The predicted octanol–water partition coefficient (Wildman–Crippen LogP) is 0.842. The van der Waals surface area contributed by atoms with Crippen molar-refractivity contribution in [3.05, 3.63) is 53.7 Å². The fourth-order valence-electron chi connectivity index (χ4n) is 2.58. The van der Waals surface area contributed by atoms with Crippen LogP contribution < -0.4 is 16.1 Å². The Bertz CT molecular complexity index is 1100. The predicted molar refractivity (Wildman–Crippen MR) is 106 cm³/mol. The van der Waals surface area contributed by atoms with Crippen LogP contribution in [-0.4, -0.2) is 45.9 Å². The summed E-state index contributed by atoms with van der Waals surface area (Å²) < 4.78 is 32.3. The molecule has 0 bridgehead atoms. The SMILES string of the molecule is CC(=O)NC(C)(C(F)F)C(NC(=O)c1ccc(C#CC#Cc2cnco2)cc1)C(=O)NO. The molecular weight excluding hydrogens is 426 g/mol. The number of aromatic nitrogens is 1. The highest BCUT2D eigenvalue weighted by Gasteiger charge is 2.48. The minimum Gasteiger partial charge on any atom is -0.435 e. The van der Waals surface area contributed by atoms with E-state index >= 15 is 0 Å². The van der Waals surface area contributed by atoms with Gasteiger partial charge in [0, 0.05) is 18.1 Å². The van der Waals surface area contributed by atoms with Gasteiger partial charge in [0.1, 0.15) is 11.6 Å². The lowest BCUT2D eigenvalue weighted by atomic mass is 9.91. The van der Waals surface area contributed by atoms with Gasteiger partial charge < -0.3 is 15.1 Å². The lowest BCUT2D eigenvalue weighted by Crippen LogP contribution is -2.68. The third-order valence-corrected chi connectivity index (χ3v) is 4.18. The molecule has 1 aromatic heterocycles. The highest BCUT2D eigenvalue weighted by molar-refractivity contribution is 5.98. The standard InChI is InChI=1S/C21H18F2N4O5/c1-13(28)26-21(2,20(22)23)17(19(30)27-31)25-18(29)15-9-7-14(8-10-15)5-3-4-6-16-11-24-12-32-16/h7-12,17,20,31H,1-2H3,(H,25,29)(H,26,28)(H,27,30). The number of amides is 3. The van der Waals surface area contributed by atoms with Crippen molar-refractivity contribution in [3.63, 3.8) is 0 Å². The van der Waals surface area contributed by atoms with Crippen molar-refractivity contribution in [2.75, 3.05) is 0 Å². The molecule has 0 saturated heterocycles. The number of oxazole rings is 1. The van der Waals surface area contributed by atoms with E-state index in [1.54, 1.807) is 0 Å². The summed E-state index contributed by atoms with van der Waals surface area (Å²) in [6.45, 7) is 1.85. The highest BCUT2D eigenvalue weighted by Crippen LogP contribution is 2.21. The largest absolute Gasteiger partial charge is 0.435 e. The van der Waals surface area contributed by atoms with Crippen LogP contribution in [0.4, 0.5) is 8.78 Å². The Labute approximate surface area is 181 Å². The van der Waals surface area contributed by atoms with Crippen molar-refractivity contribution in [2.45, 2.75) is 31.9 Å². The molecule has 2 atom stereocenters. The molecule has 2 unspecified atom stereocenters. The molecule has 0 aliphatic rings. The topological polar surface area (TPSA) is 134 Å². The molecule has 3 amide bonds. The zero-order chi connectivity index (χ0) is 23.7. The Morgan fingerprint density at radius 2 is 1.81 bits per heavy atom. The summed E-state index contributed by atoms with van der Waals surface area (Å²) in [5, 5.41) is 13.0. The number of hydrogen-bond donors (Lipinski definition) is 4. The molecule has 0 radical (unpaired) electrons. The van der Waals surface area contributed by atoms with Gasteiger partial charge in [-0.2, -0.15) is 0 Å². The number of carbonyl (C=O) groups excluding carboxylic acids is 3. The van der Waals surface area contributed by atoms with E-state index < -0.39 is 35.7 Å². The second-order valence-electron chi connectivity index (χ2n) is 6.59. The Balaban J connectivity index is 2.18. The molecule has 0 saturated carbocycles. The maximum atomic E-state index is 13.7. The minimum absolute atomic E-state index is 0.0264.